The molecule has 0 fully saturated rings. The average Bonchev–Trinajstić information content (AvgIpc) is 2.66. The van der Waals surface area contributed by atoms with Gasteiger partial charge in [0.1, 0.15) is 11.5 Å². The lowest BCUT2D eigenvalue weighted by molar-refractivity contribution is -0.117. The molecule has 2 aromatic carbocycles. The van der Waals surface area contributed by atoms with Gasteiger partial charge >= 0.3 is 20.2 Å². The number of hydrogen-bond acceptors (Lipinski definition) is 8. The Hall–Kier alpha value is -3.24. The zero-order chi connectivity index (χ0) is 21.8. The van der Waals surface area contributed by atoms with Crippen molar-refractivity contribution in [2.75, 3.05) is 0 Å². The molecule has 156 valence electrons. The fourth-order valence-electron chi connectivity index (χ4n) is 2.54. The Bertz CT molecular complexity index is 1130. The molecular formula is C20H16O8S2. The van der Waals surface area contributed by atoms with Gasteiger partial charge in [0.2, 0.25) is 11.6 Å². The highest BCUT2D eigenvalue weighted by atomic mass is 32.2. The highest BCUT2D eigenvalue weighted by Gasteiger charge is 2.29. The van der Waals surface area contributed by atoms with E-state index in [1.54, 1.807) is 60.7 Å². The van der Waals surface area contributed by atoms with Gasteiger partial charge in [0, 0.05) is 12.2 Å². The Kier molecular flexibility index (Phi) is 6.18. The van der Waals surface area contributed by atoms with Crippen molar-refractivity contribution in [2.45, 2.75) is 11.5 Å². The number of rotatable bonds is 8. The molecule has 0 radical (unpaired) electrons. The highest BCUT2D eigenvalue weighted by molar-refractivity contribution is 7.86. The zero-order valence-electron chi connectivity index (χ0n) is 15.4. The van der Waals surface area contributed by atoms with Crippen LogP contribution in [0.25, 0.3) is 0 Å². The molecule has 0 spiro atoms. The number of hydrogen-bond donors (Lipinski definition) is 0. The third kappa shape index (κ3) is 5.88. The van der Waals surface area contributed by atoms with E-state index in [9.17, 15) is 26.4 Å². The first kappa shape index (κ1) is 21.5. The van der Waals surface area contributed by atoms with E-state index in [2.05, 4.69) is 0 Å². The van der Waals surface area contributed by atoms with Gasteiger partial charge in [0.25, 0.3) is 0 Å². The first-order valence-corrected chi connectivity index (χ1v) is 11.7. The molecule has 10 heteroatoms. The molecule has 0 aliphatic heterocycles. The van der Waals surface area contributed by atoms with Gasteiger partial charge < -0.3 is 8.37 Å². The van der Waals surface area contributed by atoms with Crippen LogP contribution in [0.15, 0.2) is 84.3 Å². The molecule has 0 saturated carbocycles. The summed E-state index contributed by atoms with van der Waals surface area (Å²) in [7, 11) is -8.43. The van der Waals surface area contributed by atoms with Crippen LogP contribution in [0.2, 0.25) is 0 Å². The predicted octanol–water partition coefficient (Wildman–Crippen LogP) is 2.00. The van der Waals surface area contributed by atoms with E-state index in [0.29, 0.717) is 23.3 Å². The van der Waals surface area contributed by atoms with Crippen molar-refractivity contribution in [3.8, 4) is 0 Å². The molecule has 0 heterocycles. The first-order chi connectivity index (χ1) is 14.1. The van der Waals surface area contributed by atoms with Crippen LogP contribution in [-0.4, -0.2) is 28.4 Å². The summed E-state index contributed by atoms with van der Waals surface area (Å²) in [6.07, 6.45) is 1.19. The lowest BCUT2D eigenvalue weighted by Crippen LogP contribution is -2.22. The topological polar surface area (TPSA) is 121 Å². The Morgan fingerprint density at radius 2 is 0.900 bits per heavy atom. The largest absolute Gasteiger partial charge is 0.378 e. The fourth-order valence-corrected chi connectivity index (χ4v) is 4.67. The SMILES string of the molecule is O=C1C=C(OS(=O)(=O)Cc2ccccc2)C(=O)C=C1OS(=O)(=O)Cc1ccccc1. The normalized spacial score (nSPS) is 14.7. The third-order valence-corrected chi connectivity index (χ3v) is 6.06. The summed E-state index contributed by atoms with van der Waals surface area (Å²) in [6.45, 7) is 0. The summed E-state index contributed by atoms with van der Waals surface area (Å²) < 4.78 is 58.1. The van der Waals surface area contributed by atoms with Crippen LogP contribution in [0.1, 0.15) is 11.1 Å². The molecule has 3 rings (SSSR count). The van der Waals surface area contributed by atoms with Crippen LogP contribution < -0.4 is 0 Å². The molecule has 0 amide bonds. The molecule has 2 aromatic rings. The van der Waals surface area contributed by atoms with Gasteiger partial charge in [-0.25, -0.2) is 0 Å². The van der Waals surface area contributed by atoms with E-state index in [4.69, 9.17) is 8.37 Å². The lowest BCUT2D eigenvalue weighted by Gasteiger charge is -2.14. The summed E-state index contributed by atoms with van der Waals surface area (Å²) >= 11 is 0. The Morgan fingerprint density at radius 1 is 0.567 bits per heavy atom. The van der Waals surface area contributed by atoms with Crippen LogP contribution in [-0.2, 0) is 49.7 Å². The van der Waals surface area contributed by atoms with E-state index < -0.39 is 54.8 Å². The molecule has 30 heavy (non-hydrogen) atoms. The monoisotopic (exact) mass is 448 g/mol. The summed E-state index contributed by atoms with van der Waals surface area (Å²) in [4.78, 5) is 24.3. The maximum Gasteiger partial charge on any atom is 0.313 e. The molecule has 1 aliphatic carbocycles. The molecular weight excluding hydrogens is 432 g/mol. The van der Waals surface area contributed by atoms with Gasteiger partial charge in [0.15, 0.2) is 11.5 Å². The summed E-state index contributed by atoms with van der Waals surface area (Å²) in [5.74, 6) is -4.49. The number of carbonyl (C=O) groups is 2. The van der Waals surface area contributed by atoms with Crippen molar-refractivity contribution in [2.24, 2.45) is 0 Å². The van der Waals surface area contributed by atoms with Crippen molar-refractivity contribution in [1.29, 1.82) is 0 Å². The molecule has 8 nitrogen and oxygen atoms in total. The van der Waals surface area contributed by atoms with Crippen molar-refractivity contribution in [3.05, 3.63) is 95.5 Å². The van der Waals surface area contributed by atoms with Crippen LogP contribution in [0.4, 0.5) is 0 Å². The van der Waals surface area contributed by atoms with Crippen molar-refractivity contribution in [1.82, 2.24) is 0 Å². The second-order valence-corrected chi connectivity index (χ2v) is 9.43. The molecule has 0 aromatic heterocycles. The maximum absolute atomic E-state index is 12.2. The van der Waals surface area contributed by atoms with E-state index in [-0.39, 0.29) is 0 Å². The average molecular weight is 448 g/mol. The number of carbonyl (C=O) groups excluding carboxylic acids is 2. The number of ketones is 2. The maximum atomic E-state index is 12.2. The number of allylic oxidation sites excluding steroid dienone is 2. The predicted molar refractivity (Wildman–Crippen MR) is 106 cm³/mol. The highest BCUT2D eigenvalue weighted by Crippen LogP contribution is 2.20. The van der Waals surface area contributed by atoms with Crippen LogP contribution in [0.5, 0.6) is 0 Å². The third-order valence-electron chi connectivity index (χ3n) is 3.82. The van der Waals surface area contributed by atoms with E-state index in [1.165, 1.54) is 0 Å². The van der Waals surface area contributed by atoms with E-state index >= 15 is 0 Å². The first-order valence-electron chi connectivity index (χ1n) is 8.58. The van der Waals surface area contributed by atoms with Crippen molar-refractivity contribution in [3.63, 3.8) is 0 Å². The minimum absolute atomic E-state index is 0.430. The van der Waals surface area contributed by atoms with Crippen LogP contribution in [0.3, 0.4) is 0 Å². The number of benzene rings is 2. The van der Waals surface area contributed by atoms with Gasteiger partial charge in [0.05, 0.1) is 0 Å². The molecule has 0 atom stereocenters. The molecule has 0 unspecified atom stereocenters. The van der Waals surface area contributed by atoms with Crippen LogP contribution >= 0.6 is 0 Å². The van der Waals surface area contributed by atoms with Gasteiger partial charge in [-0.1, -0.05) is 60.7 Å². The smallest absolute Gasteiger partial charge is 0.313 e. The van der Waals surface area contributed by atoms with E-state index in [0.717, 1.165) is 0 Å². The summed E-state index contributed by atoms with van der Waals surface area (Å²) in [5.41, 5.74) is 0.860. The minimum atomic E-state index is -4.21. The van der Waals surface area contributed by atoms with Crippen molar-refractivity contribution >= 4 is 31.8 Å². The Morgan fingerprint density at radius 3 is 1.23 bits per heavy atom. The van der Waals surface area contributed by atoms with Gasteiger partial charge in [-0.15, -0.1) is 0 Å². The second kappa shape index (κ2) is 8.64. The fraction of sp³-hybridized carbons (Fsp3) is 0.100. The van der Waals surface area contributed by atoms with Crippen LogP contribution in [0, 0.1) is 0 Å². The zero-order valence-corrected chi connectivity index (χ0v) is 17.1. The summed E-state index contributed by atoms with van der Waals surface area (Å²) in [5, 5.41) is 0. The van der Waals surface area contributed by atoms with Gasteiger partial charge in [-0.3, -0.25) is 9.59 Å². The molecule has 1 aliphatic rings. The molecule has 0 N–H and O–H groups in total. The second-order valence-electron chi connectivity index (χ2n) is 6.29. The quantitative estimate of drug-likeness (QED) is 0.444. The van der Waals surface area contributed by atoms with Gasteiger partial charge in [-0.05, 0) is 11.1 Å². The molecule has 0 saturated heterocycles. The lowest BCUT2D eigenvalue weighted by atomic mass is 10.1. The Labute approximate surface area is 173 Å². The summed E-state index contributed by atoms with van der Waals surface area (Å²) in [6, 6.07) is 16.2. The minimum Gasteiger partial charge on any atom is -0.378 e. The molecule has 0 bridgehead atoms. The van der Waals surface area contributed by atoms with Crippen molar-refractivity contribution < 1.29 is 34.8 Å². The van der Waals surface area contributed by atoms with E-state index in [1.807, 2.05) is 0 Å². The Balaban J connectivity index is 1.69. The van der Waals surface area contributed by atoms with Gasteiger partial charge in [-0.2, -0.15) is 16.8 Å². The standard InChI is InChI=1S/C20H16O8S2/c21-17-12-20(28-30(25,26)14-16-9-5-2-6-10-16)18(22)11-19(17)27-29(23,24)13-15-7-3-1-4-8-15/h1-12H,13-14H2.